The molecule has 0 N–H and O–H groups in total. The van der Waals surface area contributed by atoms with Crippen molar-refractivity contribution in [2.75, 3.05) is 52.4 Å². The van der Waals surface area contributed by atoms with Crippen molar-refractivity contribution in [2.45, 2.75) is 6.54 Å². The van der Waals surface area contributed by atoms with Crippen LogP contribution in [0.3, 0.4) is 0 Å². The van der Waals surface area contributed by atoms with Gasteiger partial charge in [0.2, 0.25) is 0 Å². The summed E-state index contributed by atoms with van der Waals surface area (Å²) in [7, 11) is 0. The Balaban J connectivity index is 1.23. The number of amides is 3. The minimum atomic E-state index is -0.143. The fourth-order valence-electron chi connectivity index (χ4n) is 3.72. The number of hydrogen-bond donors (Lipinski definition) is 0. The molecule has 2 fully saturated rings. The smallest absolute Gasteiger partial charge is 0.320 e. The number of benzene rings is 1. The Hall–Kier alpha value is -2.87. The molecule has 148 valence electrons. The zero-order valence-electron chi connectivity index (χ0n) is 15.9. The fraction of sp³-hybridized carbons (Fsp3) is 0.450. The number of oxazole rings is 1. The molecule has 0 atom stereocenters. The Bertz CT molecular complexity index is 779. The van der Waals surface area contributed by atoms with Gasteiger partial charge in [-0.25, -0.2) is 9.78 Å². The van der Waals surface area contributed by atoms with E-state index < -0.39 is 0 Å². The number of urea groups is 1. The van der Waals surface area contributed by atoms with Crippen LogP contribution in [-0.2, 0) is 6.54 Å². The largest absolute Gasteiger partial charge is 0.451 e. The molecule has 0 aliphatic carbocycles. The molecule has 2 aliphatic heterocycles. The molecule has 0 bridgehead atoms. The number of hydrogen-bond acceptors (Lipinski definition) is 5. The molecule has 2 aliphatic rings. The van der Waals surface area contributed by atoms with Crippen LogP contribution in [0.25, 0.3) is 0 Å². The van der Waals surface area contributed by atoms with Gasteiger partial charge in [0.1, 0.15) is 6.26 Å². The van der Waals surface area contributed by atoms with Crippen LogP contribution >= 0.6 is 0 Å². The van der Waals surface area contributed by atoms with Gasteiger partial charge in [-0.1, -0.05) is 30.3 Å². The third-order valence-corrected chi connectivity index (χ3v) is 5.38. The maximum atomic E-state index is 12.8. The zero-order chi connectivity index (χ0) is 19.3. The molecule has 1 aromatic heterocycles. The molecule has 3 amide bonds. The minimum Gasteiger partial charge on any atom is -0.451 e. The first-order valence-corrected chi connectivity index (χ1v) is 9.68. The van der Waals surface area contributed by atoms with Gasteiger partial charge in [0.25, 0.3) is 5.91 Å². The van der Waals surface area contributed by atoms with Crippen molar-refractivity contribution < 1.29 is 14.0 Å². The summed E-state index contributed by atoms with van der Waals surface area (Å²) >= 11 is 0. The Morgan fingerprint density at radius 2 is 1.46 bits per heavy atom. The molecular weight excluding hydrogens is 358 g/mol. The first kappa shape index (κ1) is 18.5. The van der Waals surface area contributed by atoms with Crippen LogP contribution in [0.1, 0.15) is 16.1 Å². The summed E-state index contributed by atoms with van der Waals surface area (Å²) < 4.78 is 4.88. The van der Waals surface area contributed by atoms with Gasteiger partial charge >= 0.3 is 6.03 Å². The summed E-state index contributed by atoms with van der Waals surface area (Å²) in [4.78, 5) is 36.9. The topological polar surface area (TPSA) is 73.1 Å². The van der Waals surface area contributed by atoms with E-state index >= 15 is 0 Å². The van der Waals surface area contributed by atoms with Crippen molar-refractivity contribution in [2.24, 2.45) is 0 Å². The highest BCUT2D eigenvalue weighted by Crippen LogP contribution is 2.13. The van der Waals surface area contributed by atoms with Crippen LogP contribution in [0.4, 0.5) is 4.79 Å². The predicted molar refractivity (Wildman–Crippen MR) is 103 cm³/mol. The van der Waals surface area contributed by atoms with E-state index in [4.69, 9.17) is 4.42 Å². The number of aromatic nitrogens is 1. The van der Waals surface area contributed by atoms with Crippen molar-refractivity contribution in [3.63, 3.8) is 0 Å². The van der Waals surface area contributed by atoms with Gasteiger partial charge in [0, 0.05) is 58.9 Å². The third kappa shape index (κ3) is 4.17. The summed E-state index contributed by atoms with van der Waals surface area (Å²) in [6.07, 6.45) is 2.61. The molecule has 0 spiro atoms. The molecule has 0 unspecified atom stereocenters. The summed E-state index contributed by atoms with van der Waals surface area (Å²) in [5, 5.41) is 0. The highest BCUT2D eigenvalue weighted by atomic mass is 16.3. The van der Waals surface area contributed by atoms with Gasteiger partial charge in [-0.05, 0) is 5.56 Å². The van der Waals surface area contributed by atoms with E-state index in [1.54, 1.807) is 4.90 Å². The molecule has 0 saturated carbocycles. The second kappa shape index (κ2) is 8.43. The molecule has 8 heteroatoms. The standard InChI is InChI=1S/C20H25N5O3/c26-19(18-15-28-16-21-18)23-10-12-25(13-11-23)20(27)24-8-6-22(7-9-24)14-17-4-2-1-3-5-17/h1-5,15-16H,6-14H2. The number of carbonyl (C=O) groups is 2. The first-order chi connectivity index (χ1) is 13.7. The summed E-state index contributed by atoms with van der Waals surface area (Å²) in [6, 6.07) is 10.5. The van der Waals surface area contributed by atoms with Crippen molar-refractivity contribution in [3.8, 4) is 0 Å². The molecule has 28 heavy (non-hydrogen) atoms. The van der Waals surface area contributed by atoms with E-state index in [1.807, 2.05) is 15.9 Å². The van der Waals surface area contributed by atoms with Crippen LogP contribution in [0.15, 0.2) is 47.4 Å². The maximum Gasteiger partial charge on any atom is 0.320 e. The maximum absolute atomic E-state index is 12.8. The number of carbonyl (C=O) groups excluding carboxylic acids is 2. The number of rotatable bonds is 3. The van der Waals surface area contributed by atoms with Crippen LogP contribution in [-0.4, -0.2) is 88.9 Å². The summed E-state index contributed by atoms with van der Waals surface area (Å²) in [5.41, 5.74) is 1.62. The van der Waals surface area contributed by atoms with Crippen molar-refractivity contribution in [1.29, 1.82) is 0 Å². The monoisotopic (exact) mass is 383 g/mol. The third-order valence-electron chi connectivity index (χ3n) is 5.38. The van der Waals surface area contributed by atoms with E-state index in [-0.39, 0.29) is 11.9 Å². The molecule has 2 saturated heterocycles. The van der Waals surface area contributed by atoms with E-state index in [2.05, 4.69) is 34.1 Å². The lowest BCUT2D eigenvalue weighted by atomic mass is 10.2. The average molecular weight is 383 g/mol. The Labute approximate surface area is 164 Å². The molecule has 3 heterocycles. The van der Waals surface area contributed by atoms with Gasteiger partial charge in [0.15, 0.2) is 12.1 Å². The van der Waals surface area contributed by atoms with E-state index in [9.17, 15) is 9.59 Å². The van der Waals surface area contributed by atoms with Gasteiger partial charge in [0.05, 0.1) is 0 Å². The Morgan fingerprint density at radius 3 is 2.07 bits per heavy atom. The van der Waals surface area contributed by atoms with Crippen LogP contribution < -0.4 is 0 Å². The van der Waals surface area contributed by atoms with Crippen molar-refractivity contribution >= 4 is 11.9 Å². The molecule has 0 radical (unpaired) electrons. The lowest BCUT2D eigenvalue weighted by molar-refractivity contribution is 0.0605. The first-order valence-electron chi connectivity index (χ1n) is 9.68. The van der Waals surface area contributed by atoms with Crippen LogP contribution in [0, 0.1) is 0 Å². The summed E-state index contributed by atoms with van der Waals surface area (Å²) in [6.45, 7) is 6.30. The molecule has 4 rings (SSSR count). The second-order valence-electron chi connectivity index (χ2n) is 7.18. The molecular formula is C20H25N5O3. The highest BCUT2D eigenvalue weighted by Gasteiger charge is 2.30. The SMILES string of the molecule is O=C(c1cocn1)N1CCN(C(=O)N2CCN(Cc3ccccc3)CC2)CC1. The van der Waals surface area contributed by atoms with Crippen LogP contribution in [0.2, 0.25) is 0 Å². The van der Waals surface area contributed by atoms with E-state index in [0.717, 1.165) is 32.7 Å². The van der Waals surface area contributed by atoms with Crippen molar-refractivity contribution in [1.82, 2.24) is 24.6 Å². The number of piperazine rings is 2. The lowest BCUT2D eigenvalue weighted by Gasteiger charge is -2.40. The Morgan fingerprint density at radius 1 is 0.857 bits per heavy atom. The lowest BCUT2D eigenvalue weighted by Crippen LogP contribution is -2.57. The minimum absolute atomic E-state index is 0.0768. The molecule has 1 aromatic carbocycles. The zero-order valence-corrected chi connectivity index (χ0v) is 15.9. The Kier molecular flexibility index (Phi) is 5.57. The van der Waals surface area contributed by atoms with Gasteiger partial charge < -0.3 is 19.1 Å². The normalized spacial score (nSPS) is 18.4. The number of nitrogens with zero attached hydrogens (tertiary/aromatic N) is 5. The predicted octanol–water partition coefficient (Wildman–Crippen LogP) is 1.37. The summed E-state index contributed by atoms with van der Waals surface area (Å²) in [5.74, 6) is -0.143. The van der Waals surface area contributed by atoms with Crippen molar-refractivity contribution in [3.05, 3.63) is 54.2 Å². The molecule has 2 aromatic rings. The highest BCUT2D eigenvalue weighted by molar-refractivity contribution is 5.92. The molecule has 8 nitrogen and oxygen atoms in total. The fourth-order valence-corrected chi connectivity index (χ4v) is 3.72. The quantitative estimate of drug-likeness (QED) is 0.800. The average Bonchev–Trinajstić information content (AvgIpc) is 3.29. The van der Waals surface area contributed by atoms with Crippen LogP contribution in [0.5, 0.6) is 0 Å². The van der Waals surface area contributed by atoms with Gasteiger partial charge in [-0.15, -0.1) is 0 Å². The van der Waals surface area contributed by atoms with Gasteiger partial charge in [-0.3, -0.25) is 9.69 Å². The van der Waals surface area contributed by atoms with E-state index in [1.165, 1.54) is 18.2 Å². The second-order valence-corrected chi connectivity index (χ2v) is 7.18. The van der Waals surface area contributed by atoms with E-state index in [0.29, 0.717) is 31.9 Å². The van der Waals surface area contributed by atoms with Gasteiger partial charge in [-0.2, -0.15) is 0 Å².